The van der Waals surface area contributed by atoms with Gasteiger partial charge in [0.05, 0.1) is 49.3 Å². The predicted octanol–water partition coefficient (Wildman–Crippen LogP) is 2.10. The molecule has 0 saturated carbocycles. The smallest absolute Gasteiger partial charge is 0.493 e. The van der Waals surface area contributed by atoms with E-state index in [1.54, 1.807) is 24.3 Å². The van der Waals surface area contributed by atoms with E-state index in [-0.39, 0.29) is 6.61 Å². The quantitative estimate of drug-likeness (QED) is 0.267. The van der Waals surface area contributed by atoms with E-state index in [4.69, 9.17) is 39.3 Å². The summed E-state index contributed by atoms with van der Waals surface area (Å²) >= 11 is 0. The van der Waals surface area contributed by atoms with Crippen molar-refractivity contribution in [3.63, 3.8) is 0 Å². The molecule has 0 heterocycles. The Balaban J connectivity index is 0.00000187. The molecule has 0 aliphatic rings. The van der Waals surface area contributed by atoms with Crippen LogP contribution in [0.15, 0.2) is 36.4 Å². The highest BCUT2D eigenvalue weighted by molar-refractivity contribution is 5.88. The maximum Gasteiger partial charge on any atom is 0.495 e. The van der Waals surface area contributed by atoms with Crippen LogP contribution in [0.5, 0.6) is 34.5 Å². The molecular weight excluding hydrogens is 532 g/mol. The number of methoxy groups -OCH3 is 6. The first kappa shape index (κ1) is 33.2. The van der Waals surface area contributed by atoms with Gasteiger partial charge in [-0.15, -0.1) is 9.68 Å². The van der Waals surface area contributed by atoms with Crippen LogP contribution in [0.3, 0.4) is 0 Å². The Morgan fingerprint density at radius 2 is 1.00 bits per heavy atom. The van der Waals surface area contributed by atoms with E-state index in [1.807, 2.05) is 0 Å². The third-order valence-electron chi connectivity index (χ3n) is 4.66. The van der Waals surface area contributed by atoms with Crippen LogP contribution in [0.2, 0.25) is 0 Å². The largest absolute Gasteiger partial charge is 0.495 e. The number of carbonyl (C=O) groups excluding carboxylic acids is 2. The lowest BCUT2D eigenvalue weighted by molar-refractivity contribution is -0.944. The summed E-state index contributed by atoms with van der Waals surface area (Å²) in [6.07, 6.45) is 4.58. The van der Waals surface area contributed by atoms with Gasteiger partial charge in [0.15, 0.2) is 23.0 Å². The van der Waals surface area contributed by atoms with Crippen LogP contribution in [0.4, 0.5) is 0 Å². The highest BCUT2D eigenvalue weighted by Gasteiger charge is 2.22. The summed E-state index contributed by atoms with van der Waals surface area (Å²) in [7, 11) is 8.68. The van der Waals surface area contributed by atoms with E-state index in [2.05, 4.69) is 9.68 Å². The average molecular weight is 566 g/mol. The van der Waals surface area contributed by atoms with Gasteiger partial charge < -0.3 is 39.3 Å². The fourth-order valence-electron chi connectivity index (χ4n) is 2.95. The summed E-state index contributed by atoms with van der Waals surface area (Å²) in [5, 5.41) is 7.14. The van der Waals surface area contributed by atoms with Gasteiger partial charge in [-0.2, -0.15) is 0 Å². The Hall–Kier alpha value is -4.82. The molecule has 0 radical (unpaired) electrons. The zero-order chi connectivity index (χ0) is 30.1. The molecule has 2 aromatic carbocycles. The van der Waals surface area contributed by atoms with Crippen molar-refractivity contribution in [3.05, 3.63) is 52.5 Å². The van der Waals surface area contributed by atoms with E-state index in [1.165, 1.54) is 54.8 Å². The normalized spacial score (nSPS) is 10.3. The third-order valence-corrected chi connectivity index (χ3v) is 4.66. The molecule has 0 aliphatic heterocycles. The fourth-order valence-corrected chi connectivity index (χ4v) is 2.95. The van der Waals surface area contributed by atoms with E-state index >= 15 is 0 Å². The molecule has 0 fully saturated rings. The summed E-state index contributed by atoms with van der Waals surface area (Å²) in [6, 6.07) is 6.31. The van der Waals surface area contributed by atoms with Crippen LogP contribution in [-0.2, 0) is 19.3 Å². The van der Waals surface area contributed by atoms with Crippen molar-refractivity contribution in [2.45, 2.75) is 0 Å². The zero-order valence-electron chi connectivity index (χ0n) is 23.0. The lowest BCUT2D eigenvalue weighted by Gasteiger charge is -2.12. The molecule has 14 nitrogen and oxygen atoms in total. The van der Waals surface area contributed by atoms with Gasteiger partial charge in [-0.25, -0.2) is 9.59 Å². The molecule has 0 atom stereocenters. The first-order valence-electron chi connectivity index (χ1n) is 11.4. The van der Waals surface area contributed by atoms with Crippen molar-refractivity contribution in [2.24, 2.45) is 5.73 Å². The van der Waals surface area contributed by atoms with E-state index in [0.717, 1.165) is 12.2 Å². The van der Waals surface area contributed by atoms with E-state index in [0.29, 0.717) is 52.2 Å². The maximum atomic E-state index is 11.9. The number of hydrogen-bond donors (Lipinski definition) is 2. The first-order chi connectivity index (χ1) is 19.2. The van der Waals surface area contributed by atoms with Crippen molar-refractivity contribution in [1.82, 2.24) is 0 Å². The van der Waals surface area contributed by atoms with Crippen LogP contribution >= 0.6 is 0 Å². The van der Waals surface area contributed by atoms with Crippen LogP contribution in [0.25, 0.3) is 12.2 Å². The Bertz CT molecular complexity index is 1070. The Labute approximate surface area is 230 Å². The van der Waals surface area contributed by atoms with Crippen molar-refractivity contribution in [3.8, 4) is 34.5 Å². The second-order valence-corrected chi connectivity index (χ2v) is 7.14. The lowest BCUT2D eigenvalue weighted by Crippen LogP contribution is -2.17. The monoisotopic (exact) mass is 565 g/mol. The highest BCUT2D eigenvalue weighted by Crippen LogP contribution is 2.39. The Kier molecular flexibility index (Phi) is 14.6. The van der Waals surface area contributed by atoms with E-state index < -0.39 is 17.0 Å². The second-order valence-electron chi connectivity index (χ2n) is 7.14. The van der Waals surface area contributed by atoms with Gasteiger partial charge in [0, 0.05) is 18.7 Å². The maximum absolute atomic E-state index is 11.9. The number of nitrogens with zero attached hydrogens (tertiary/aromatic N) is 1. The van der Waals surface area contributed by atoms with Crippen LogP contribution in [0, 0.1) is 4.91 Å². The zero-order valence-corrected chi connectivity index (χ0v) is 23.0. The highest BCUT2D eigenvalue weighted by atomic mass is 17.0. The topological polar surface area (TPSA) is 174 Å². The summed E-state index contributed by atoms with van der Waals surface area (Å²) in [5.41, 5.74) is 5.76. The minimum atomic E-state index is -1.10. The van der Waals surface area contributed by atoms with Gasteiger partial charge in [0.25, 0.3) is 0 Å². The van der Waals surface area contributed by atoms with Gasteiger partial charge in [0.2, 0.25) is 11.5 Å². The number of carbonyl (C=O) groups is 2. The van der Waals surface area contributed by atoms with E-state index in [9.17, 15) is 14.5 Å². The van der Waals surface area contributed by atoms with Crippen molar-refractivity contribution < 1.29 is 57.9 Å². The Morgan fingerprint density at radius 1 is 0.700 bits per heavy atom. The molecule has 218 valence electrons. The Morgan fingerprint density at radius 3 is 1.23 bits per heavy atom. The van der Waals surface area contributed by atoms with Gasteiger partial charge in [-0.3, -0.25) is 0 Å². The molecule has 0 amide bonds. The molecule has 0 bridgehead atoms. The lowest BCUT2D eigenvalue weighted by atomic mass is 10.1. The molecule has 0 saturated heterocycles. The fraction of sp³-hybridized carbons (Fsp3) is 0.308. The minimum absolute atomic E-state index is 0.0972. The number of hydrogen-bond acceptors (Lipinski definition) is 13. The first-order valence-corrected chi connectivity index (χ1v) is 11.4. The summed E-state index contributed by atoms with van der Waals surface area (Å²) in [5.74, 6) is 0.00627. The molecule has 0 aliphatic carbocycles. The van der Waals surface area contributed by atoms with Gasteiger partial charge in [-0.1, -0.05) is 0 Å². The number of nitrogens with two attached hydrogens (primary N) is 1. The van der Waals surface area contributed by atoms with Crippen molar-refractivity contribution in [2.75, 3.05) is 55.8 Å². The molecule has 0 aromatic heterocycles. The van der Waals surface area contributed by atoms with Gasteiger partial charge in [-0.05, 0) is 47.5 Å². The molecule has 2 rings (SSSR count). The molecule has 0 spiro atoms. The standard InChI is InChI=1S/C24H26NO11.C2H7NO/c1-29-17-11-15(12-18(30-2)23(17)33-5)7-9-21(26)35-25(28)36-22(27)10-8-16-13-19(31-3)24(34-6)20(14-16)32-4;3-1-2-4/h7-14H,1-6H3;4H,1-3H2/q+1;/b9-7+,10-8+;. The number of aliphatic hydroxyl groups is 1. The minimum Gasteiger partial charge on any atom is -0.493 e. The number of benzene rings is 2. The average Bonchev–Trinajstić information content (AvgIpc) is 2.97. The molecular formula is C26H33N2O12+. The number of aliphatic hydroxyl groups excluding tert-OH is 1. The van der Waals surface area contributed by atoms with Crippen LogP contribution in [-0.4, -0.2) is 77.9 Å². The summed E-state index contributed by atoms with van der Waals surface area (Å²) < 4.78 is 31.4. The molecule has 14 heteroatoms. The number of rotatable bonds is 13. The predicted molar refractivity (Wildman–Crippen MR) is 142 cm³/mol. The van der Waals surface area contributed by atoms with Gasteiger partial charge >= 0.3 is 17.0 Å². The summed E-state index contributed by atoms with van der Waals surface area (Å²) in [6.45, 7) is 0.472. The van der Waals surface area contributed by atoms with Crippen LogP contribution < -0.4 is 34.2 Å². The molecule has 3 N–H and O–H groups in total. The third kappa shape index (κ3) is 10.2. The molecule has 0 unspecified atom stereocenters. The van der Waals surface area contributed by atoms with Crippen molar-refractivity contribution in [1.29, 1.82) is 0 Å². The SMILES string of the molecule is COc1cc(/C=C/C(=O)O[N+](=O)OC(=O)/C=C/c2cc(OC)c(OC)c(OC)c2)cc(OC)c1OC.NCCO. The number of ether oxygens (including phenoxy) is 6. The molecule has 40 heavy (non-hydrogen) atoms. The molecule has 2 aromatic rings. The van der Waals surface area contributed by atoms with Crippen LogP contribution in [0.1, 0.15) is 11.1 Å². The summed E-state index contributed by atoms with van der Waals surface area (Å²) in [4.78, 5) is 44.3. The van der Waals surface area contributed by atoms with Crippen molar-refractivity contribution >= 4 is 24.1 Å². The van der Waals surface area contributed by atoms with Gasteiger partial charge in [0.1, 0.15) is 4.91 Å². The second kappa shape index (κ2) is 17.6.